The van der Waals surface area contributed by atoms with Crippen molar-refractivity contribution < 1.29 is 13.6 Å². The highest BCUT2D eigenvalue weighted by Gasteiger charge is 2.19. The van der Waals surface area contributed by atoms with Crippen molar-refractivity contribution in [1.82, 2.24) is 30.2 Å². The fraction of sp³-hybridized carbons (Fsp3) is 0.368. The highest BCUT2D eigenvalue weighted by Crippen LogP contribution is 2.20. The monoisotopic (exact) mass is 401 g/mol. The molecule has 3 heterocycles. The molecule has 2 aromatic heterocycles. The zero-order valence-electron chi connectivity index (χ0n) is 15.7. The molecule has 1 saturated heterocycles. The van der Waals surface area contributed by atoms with Crippen molar-refractivity contribution in [2.24, 2.45) is 0 Å². The molecule has 29 heavy (non-hydrogen) atoms. The fourth-order valence-electron chi connectivity index (χ4n) is 3.33. The third-order valence-corrected chi connectivity index (χ3v) is 4.89. The standard InChI is InChI=1S/C19H21F2N7O/c20-16(21)17-25-14-3-2-13(12-15(14)26-17)18(29)22-6-7-27-8-10-28(11-9-27)19-23-4-1-5-24-19/h1-5,12,16H,6-11H2,(H,22,29)(H,25,26). The van der Waals surface area contributed by atoms with Crippen LogP contribution in [0.4, 0.5) is 14.7 Å². The molecule has 0 saturated carbocycles. The maximum Gasteiger partial charge on any atom is 0.295 e. The van der Waals surface area contributed by atoms with E-state index < -0.39 is 12.2 Å². The Balaban J connectivity index is 1.25. The summed E-state index contributed by atoms with van der Waals surface area (Å²) in [7, 11) is 0. The van der Waals surface area contributed by atoms with Gasteiger partial charge in [-0.2, -0.15) is 0 Å². The van der Waals surface area contributed by atoms with Gasteiger partial charge < -0.3 is 15.2 Å². The lowest BCUT2D eigenvalue weighted by Crippen LogP contribution is -2.49. The van der Waals surface area contributed by atoms with Crippen molar-refractivity contribution in [2.45, 2.75) is 6.43 Å². The molecule has 0 spiro atoms. The largest absolute Gasteiger partial charge is 0.351 e. The highest BCUT2D eigenvalue weighted by atomic mass is 19.3. The third kappa shape index (κ3) is 4.48. The molecule has 3 aromatic rings. The number of carbonyl (C=O) groups is 1. The number of H-pyrrole nitrogens is 1. The first kappa shape index (κ1) is 19.2. The first-order valence-corrected chi connectivity index (χ1v) is 9.40. The summed E-state index contributed by atoms with van der Waals surface area (Å²) in [5, 5.41) is 2.88. The molecule has 4 rings (SSSR count). The van der Waals surface area contributed by atoms with E-state index in [4.69, 9.17) is 0 Å². The van der Waals surface area contributed by atoms with Gasteiger partial charge in [-0.25, -0.2) is 23.7 Å². The minimum atomic E-state index is -2.67. The van der Waals surface area contributed by atoms with E-state index in [1.807, 2.05) is 0 Å². The number of halogens is 2. The summed E-state index contributed by atoms with van der Waals surface area (Å²) in [6.07, 6.45) is 0.798. The number of hydrogen-bond acceptors (Lipinski definition) is 6. The van der Waals surface area contributed by atoms with E-state index in [9.17, 15) is 13.6 Å². The molecular weight excluding hydrogens is 380 g/mol. The van der Waals surface area contributed by atoms with Gasteiger partial charge in [-0.1, -0.05) is 0 Å². The predicted octanol–water partition coefficient (Wildman–Crippen LogP) is 1.84. The maximum atomic E-state index is 12.7. The SMILES string of the molecule is O=C(NCCN1CCN(c2ncccn2)CC1)c1ccc2nc(C(F)F)[nH]c2c1. The van der Waals surface area contributed by atoms with E-state index in [1.54, 1.807) is 36.7 Å². The number of anilines is 1. The summed E-state index contributed by atoms with van der Waals surface area (Å²) >= 11 is 0. The molecule has 0 unspecified atom stereocenters. The van der Waals surface area contributed by atoms with Gasteiger partial charge in [0.2, 0.25) is 5.95 Å². The van der Waals surface area contributed by atoms with E-state index >= 15 is 0 Å². The average molecular weight is 401 g/mol. The average Bonchev–Trinajstić information content (AvgIpc) is 3.19. The lowest BCUT2D eigenvalue weighted by atomic mass is 10.2. The van der Waals surface area contributed by atoms with Crippen molar-refractivity contribution in [3.8, 4) is 0 Å². The Kier molecular flexibility index (Phi) is 5.61. The molecule has 8 nitrogen and oxygen atoms in total. The third-order valence-electron chi connectivity index (χ3n) is 4.89. The molecule has 10 heteroatoms. The van der Waals surface area contributed by atoms with Crippen LogP contribution in [0, 0.1) is 0 Å². The van der Waals surface area contributed by atoms with E-state index in [0.29, 0.717) is 23.1 Å². The molecule has 1 amide bonds. The van der Waals surface area contributed by atoms with Crippen LogP contribution in [0.5, 0.6) is 0 Å². The minimum absolute atomic E-state index is 0.239. The molecule has 0 aliphatic carbocycles. The summed E-state index contributed by atoms with van der Waals surface area (Å²) in [6, 6.07) is 6.50. The number of hydrogen-bond donors (Lipinski definition) is 2. The zero-order valence-corrected chi connectivity index (χ0v) is 15.7. The van der Waals surface area contributed by atoms with Gasteiger partial charge in [0.05, 0.1) is 11.0 Å². The first-order chi connectivity index (χ1) is 14.1. The lowest BCUT2D eigenvalue weighted by Gasteiger charge is -2.34. The Morgan fingerprint density at radius 3 is 2.66 bits per heavy atom. The van der Waals surface area contributed by atoms with Gasteiger partial charge in [0.1, 0.15) is 0 Å². The highest BCUT2D eigenvalue weighted by molar-refractivity contribution is 5.97. The lowest BCUT2D eigenvalue weighted by molar-refractivity contribution is 0.0948. The summed E-state index contributed by atoms with van der Waals surface area (Å²) < 4.78 is 25.5. The molecular formula is C19H21F2N7O. The van der Waals surface area contributed by atoms with Gasteiger partial charge in [0.25, 0.3) is 12.3 Å². The number of fused-ring (bicyclic) bond motifs is 1. The van der Waals surface area contributed by atoms with Gasteiger partial charge in [-0.05, 0) is 24.3 Å². The second-order valence-corrected chi connectivity index (χ2v) is 6.79. The van der Waals surface area contributed by atoms with E-state index in [2.05, 4.69) is 35.1 Å². The number of aromatic nitrogens is 4. The van der Waals surface area contributed by atoms with Crippen LogP contribution in [-0.4, -0.2) is 70.0 Å². The molecule has 0 radical (unpaired) electrons. The molecule has 2 N–H and O–H groups in total. The summed E-state index contributed by atoms with van der Waals surface area (Å²) in [5.41, 5.74) is 1.25. The van der Waals surface area contributed by atoms with Crippen LogP contribution in [0.2, 0.25) is 0 Å². The quantitative estimate of drug-likeness (QED) is 0.655. The van der Waals surface area contributed by atoms with E-state index in [0.717, 1.165) is 38.7 Å². The Morgan fingerprint density at radius 2 is 1.93 bits per heavy atom. The molecule has 0 bridgehead atoms. The molecule has 0 atom stereocenters. The number of rotatable bonds is 6. The van der Waals surface area contributed by atoms with Crippen LogP contribution in [0.25, 0.3) is 11.0 Å². The van der Waals surface area contributed by atoms with Crippen LogP contribution < -0.4 is 10.2 Å². The number of benzene rings is 1. The summed E-state index contributed by atoms with van der Waals surface area (Å²) in [4.78, 5) is 31.7. The molecule has 1 fully saturated rings. The van der Waals surface area contributed by atoms with Gasteiger partial charge >= 0.3 is 0 Å². The minimum Gasteiger partial charge on any atom is -0.351 e. The number of alkyl halides is 2. The molecule has 1 aliphatic heterocycles. The Labute approximate surface area is 166 Å². The van der Waals surface area contributed by atoms with Gasteiger partial charge in [0, 0.05) is 57.2 Å². The van der Waals surface area contributed by atoms with Crippen molar-refractivity contribution >= 4 is 22.9 Å². The Hall–Kier alpha value is -3.14. The van der Waals surface area contributed by atoms with Gasteiger partial charge in [-0.15, -0.1) is 0 Å². The van der Waals surface area contributed by atoms with Crippen LogP contribution in [-0.2, 0) is 0 Å². The van der Waals surface area contributed by atoms with Crippen LogP contribution in [0.3, 0.4) is 0 Å². The smallest absolute Gasteiger partial charge is 0.295 e. The van der Waals surface area contributed by atoms with Crippen molar-refractivity contribution in [1.29, 1.82) is 0 Å². The van der Waals surface area contributed by atoms with Crippen molar-refractivity contribution in [3.63, 3.8) is 0 Å². The number of amides is 1. The van der Waals surface area contributed by atoms with Crippen LogP contribution in [0.15, 0.2) is 36.7 Å². The summed E-state index contributed by atoms with van der Waals surface area (Å²) in [5.74, 6) is 0.110. The zero-order chi connectivity index (χ0) is 20.2. The molecule has 1 aliphatic rings. The summed E-state index contributed by atoms with van der Waals surface area (Å²) in [6.45, 7) is 4.64. The van der Waals surface area contributed by atoms with Crippen LogP contribution >= 0.6 is 0 Å². The number of imidazole rings is 1. The number of nitrogens with zero attached hydrogens (tertiary/aromatic N) is 5. The van der Waals surface area contributed by atoms with Gasteiger partial charge in [0.15, 0.2) is 5.82 Å². The number of carbonyl (C=O) groups excluding carboxylic acids is 1. The number of nitrogens with one attached hydrogen (secondary N) is 2. The normalized spacial score (nSPS) is 15.2. The van der Waals surface area contributed by atoms with Gasteiger partial charge in [-0.3, -0.25) is 9.69 Å². The number of piperazine rings is 1. The topological polar surface area (TPSA) is 90.0 Å². The van der Waals surface area contributed by atoms with Crippen molar-refractivity contribution in [2.75, 3.05) is 44.2 Å². The van der Waals surface area contributed by atoms with E-state index in [-0.39, 0.29) is 5.91 Å². The molecule has 1 aromatic carbocycles. The Bertz CT molecular complexity index is 971. The van der Waals surface area contributed by atoms with Crippen LogP contribution in [0.1, 0.15) is 22.6 Å². The second kappa shape index (κ2) is 8.48. The maximum absolute atomic E-state index is 12.7. The number of aromatic amines is 1. The van der Waals surface area contributed by atoms with E-state index in [1.165, 1.54) is 0 Å². The first-order valence-electron chi connectivity index (χ1n) is 9.40. The molecule has 152 valence electrons. The second-order valence-electron chi connectivity index (χ2n) is 6.79. The fourth-order valence-corrected chi connectivity index (χ4v) is 3.33. The Morgan fingerprint density at radius 1 is 1.17 bits per heavy atom. The van der Waals surface area contributed by atoms with Crippen molar-refractivity contribution in [3.05, 3.63) is 48.0 Å². The predicted molar refractivity (Wildman–Crippen MR) is 104 cm³/mol.